The van der Waals surface area contributed by atoms with Crippen molar-refractivity contribution in [3.63, 3.8) is 0 Å². The molecule has 3 aromatic rings. The minimum atomic E-state index is -3.79. The number of hydrogen-bond donors (Lipinski definition) is 0. The second kappa shape index (κ2) is 7.01. The monoisotopic (exact) mass is 388 g/mol. The van der Waals surface area contributed by atoms with Crippen LogP contribution in [0.1, 0.15) is 17.0 Å². The van der Waals surface area contributed by atoms with Gasteiger partial charge in [0, 0.05) is 5.02 Å². The Hall–Kier alpha value is -2.51. The van der Waals surface area contributed by atoms with Gasteiger partial charge in [-0.3, -0.25) is 0 Å². The number of rotatable bonds is 4. The van der Waals surface area contributed by atoms with E-state index in [1.54, 1.807) is 62.4 Å². The topological polar surface area (TPSA) is 76.7 Å². The fourth-order valence-electron chi connectivity index (χ4n) is 2.42. The van der Waals surface area contributed by atoms with Crippen LogP contribution in [0.2, 0.25) is 5.02 Å². The molecule has 0 aliphatic heterocycles. The lowest BCUT2D eigenvalue weighted by molar-refractivity contribution is 0.578. The van der Waals surface area contributed by atoms with Crippen LogP contribution in [0.3, 0.4) is 0 Å². The summed E-state index contributed by atoms with van der Waals surface area (Å²) in [5.41, 5.74) is 2.91. The molecule has 6 nitrogen and oxygen atoms in total. The minimum Gasteiger partial charge on any atom is -0.199 e. The van der Waals surface area contributed by atoms with Crippen molar-refractivity contribution in [1.29, 1.82) is 0 Å². The van der Waals surface area contributed by atoms with Gasteiger partial charge in [0.25, 0.3) is 10.0 Å². The fraction of sp³-hybridized carbons (Fsp3) is 0.167. The van der Waals surface area contributed by atoms with E-state index >= 15 is 0 Å². The average molecular weight is 389 g/mol. The van der Waals surface area contributed by atoms with Crippen LogP contribution in [0, 0.1) is 20.8 Å². The maximum Gasteiger partial charge on any atom is 0.283 e. The average Bonchev–Trinajstić information content (AvgIpc) is 2.90. The van der Waals surface area contributed by atoms with Crippen molar-refractivity contribution in [2.45, 2.75) is 25.7 Å². The van der Waals surface area contributed by atoms with E-state index in [1.807, 2.05) is 6.92 Å². The Morgan fingerprint density at radius 3 is 2.15 bits per heavy atom. The van der Waals surface area contributed by atoms with Gasteiger partial charge in [0.1, 0.15) is 5.69 Å². The van der Waals surface area contributed by atoms with Gasteiger partial charge in [-0.1, -0.05) is 29.3 Å². The van der Waals surface area contributed by atoms with Gasteiger partial charge < -0.3 is 0 Å². The molecule has 2 aromatic carbocycles. The van der Waals surface area contributed by atoms with Crippen molar-refractivity contribution in [1.82, 2.24) is 9.19 Å². The number of hydrogen-bond acceptors (Lipinski definition) is 5. The van der Waals surface area contributed by atoms with E-state index in [0.29, 0.717) is 27.8 Å². The molecule has 0 saturated heterocycles. The predicted molar refractivity (Wildman–Crippen MR) is 101 cm³/mol. The first-order valence-electron chi connectivity index (χ1n) is 7.85. The molecule has 1 aromatic heterocycles. The summed E-state index contributed by atoms with van der Waals surface area (Å²) in [5.74, 6) is 0. The molecular formula is C18H17ClN4O2S. The van der Waals surface area contributed by atoms with Gasteiger partial charge in [0.15, 0.2) is 0 Å². The molecule has 134 valence electrons. The molecule has 0 bridgehead atoms. The van der Waals surface area contributed by atoms with E-state index in [4.69, 9.17) is 11.6 Å². The molecule has 26 heavy (non-hydrogen) atoms. The van der Waals surface area contributed by atoms with Crippen LogP contribution in [0.5, 0.6) is 0 Å². The third-order valence-electron chi connectivity index (χ3n) is 3.85. The third kappa shape index (κ3) is 3.54. The summed E-state index contributed by atoms with van der Waals surface area (Å²) in [7, 11) is -3.79. The van der Waals surface area contributed by atoms with E-state index in [9.17, 15) is 8.42 Å². The van der Waals surface area contributed by atoms with Crippen molar-refractivity contribution >= 4 is 33.0 Å². The molecule has 0 spiro atoms. The molecule has 3 rings (SSSR count). The molecule has 0 atom stereocenters. The Balaban J connectivity index is 2.00. The first-order valence-corrected chi connectivity index (χ1v) is 9.66. The van der Waals surface area contributed by atoms with Gasteiger partial charge >= 0.3 is 0 Å². The van der Waals surface area contributed by atoms with Gasteiger partial charge in [-0.25, -0.2) is 0 Å². The largest absolute Gasteiger partial charge is 0.283 e. The maximum atomic E-state index is 12.9. The van der Waals surface area contributed by atoms with E-state index < -0.39 is 10.0 Å². The summed E-state index contributed by atoms with van der Waals surface area (Å²) in [4.78, 5) is 0.176. The van der Waals surface area contributed by atoms with Crippen molar-refractivity contribution in [2.24, 2.45) is 10.2 Å². The highest BCUT2D eigenvalue weighted by Gasteiger charge is 2.23. The van der Waals surface area contributed by atoms with Crippen LogP contribution in [0.15, 0.2) is 63.7 Å². The molecule has 0 fully saturated rings. The maximum absolute atomic E-state index is 12.9. The Kier molecular flexibility index (Phi) is 4.93. The highest BCUT2D eigenvalue weighted by Crippen LogP contribution is 2.28. The smallest absolute Gasteiger partial charge is 0.199 e. The standard InChI is InChI=1S/C18H17ClN4O2S/c1-12-4-10-17(11-5-12)26(24,25)23-14(3)18(13(2)22-23)21-20-16-8-6-15(19)7-9-16/h4-11H,1-3H3. The summed E-state index contributed by atoms with van der Waals surface area (Å²) in [5, 5.41) is 13.1. The number of benzene rings is 2. The number of aryl methyl sites for hydroxylation is 2. The Morgan fingerprint density at radius 2 is 1.54 bits per heavy atom. The van der Waals surface area contributed by atoms with Crippen molar-refractivity contribution in [2.75, 3.05) is 0 Å². The van der Waals surface area contributed by atoms with Crippen LogP contribution < -0.4 is 0 Å². The van der Waals surface area contributed by atoms with E-state index in [0.717, 1.165) is 9.65 Å². The molecule has 0 saturated carbocycles. The van der Waals surface area contributed by atoms with Gasteiger partial charge in [-0.15, -0.1) is 5.11 Å². The second-order valence-corrected chi connectivity index (χ2v) is 8.06. The lowest BCUT2D eigenvalue weighted by Gasteiger charge is -2.06. The Morgan fingerprint density at radius 1 is 0.923 bits per heavy atom. The zero-order valence-electron chi connectivity index (χ0n) is 14.5. The Labute approximate surface area is 157 Å². The highest BCUT2D eigenvalue weighted by atomic mass is 35.5. The lowest BCUT2D eigenvalue weighted by atomic mass is 10.2. The molecule has 0 unspecified atom stereocenters. The van der Waals surface area contributed by atoms with E-state index in [-0.39, 0.29) is 4.90 Å². The molecule has 1 heterocycles. The second-order valence-electron chi connectivity index (χ2n) is 5.86. The molecule has 0 N–H and O–H groups in total. The van der Waals surface area contributed by atoms with Crippen LogP contribution in [-0.2, 0) is 10.0 Å². The molecule has 8 heteroatoms. The molecule has 0 aliphatic rings. The highest BCUT2D eigenvalue weighted by molar-refractivity contribution is 7.89. The van der Waals surface area contributed by atoms with Gasteiger partial charge in [0.2, 0.25) is 0 Å². The molecule has 0 amide bonds. The summed E-state index contributed by atoms with van der Waals surface area (Å²) in [6.07, 6.45) is 0. The third-order valence-corrected chi connectivity index (χ3v) is 5.78. The first-order chi connectivity index (χ1) is 12.3. The van der Waals surface area contributed by atoms with Gasteiger partial charge in [-0.2, -0.15) is 22.7 Å². The molecule has 0 radical (unpaired) electrons. The van der Waals surface area contributed by atoms with Gasteiger partial charge in [0.05, 0.1) is 22.0 Å². The quantitative estimate of drug-likeness (QED) is 0.582. The molecular weight excluding hydrogens is 372 g/mol. The van der Waals surface area contributed by atoms with Crippen LogP contribution in [0.25, 0.3) is 0 Å². The summed E-state index contributed by atoms with van der Waals surface area (Å²) in [6, 6.07) is 13.5. The normalized spacial score (nSPS) is 12.0. The van der Waals surface area contributed by atoms with E-state index in [1.165, 1.54) is 0 Å². The summed E-state index contributed by atoms with van der Waals surface area (Å²) >= 11 is 5.85. The predicted octanol–water partition coefficient (Wildman–Crippen LogP) is 5.11. The number of aromatic nitrogens is 2. The lowest BCUT2D eigenvalue weighted by Crippen LogP contribution is -2.16. The number of azo groups is 1. The SMILES string of the molecule is Cc1ccc(S(=O)(=O)n2nc(C)c(N=Nc3ccc(Cl)cc3)c2C)cc1. The summed E-state index contributed by atoms with van der Waals surface area (Å²) < 4.78 is 26.7. The van der Waals surface area contributed by atoms with Crippen molar-refractivity contribution in [3.8, 4) is 0 Å². The first kappa shape index (κ1) is 18.3. The van der Waals surface area contributed by atoms with E-state index in [2.05, 4.69) is 15.3 Å². The Bertz CT molecular complexity index is 1070. The van der Waals surface area contributed by atoms with Crippen LogP contribution >= 0.6 is 11.6 Å². The molecule has 0 aliphatic carbocycles. The van der Waals surface area contributed by atoms with Crippen molar-refractivity contribution in [3.05, 3.63) is 70.5 Å². The number of nitrogens with zero attached hydrogens (tertiary/aromatic N) is 4. The summed E-state index contributed by atoms with van der Waals surface area (Å²) in [6.45, 7) is 5.25. The van der Waals surface area contributed by atoms with Crippen LogP contribution in [-0.4, -0.2) is 17.6 Å². The number of halogens is 1. The zero-order valence-corrected chi connectivity index (χ0v) is 16.1. The van der Waals surface area contributed by atoms with Gasteiger partial charge in [-0.05, 0) is 57.2 Å². The minimum absolute atomic E-state index is 0.176. The zero-order chi connectivity index (χ0) is 18.9. The van der Waals surface area contributed by atoms with Crippen molar-refractivity contribution < 1.29 is 8.42 Å². The van der Waals surface area contributed by atoms with Crippen LogP contribution in [0.4, 0.5) is 11.4 Å². The fourth-order valence-corrected chi connectivity index (χ4v) is 3.90.